The molecule has 1 aliphatic heterocycles. The van der Waals surface area contributed by atoms with Gasteiger partial charge in [-0.05, 0) is 25.7 Å². The highest BCUT2D eigenvalue weighted by Gasteiger charge is 2.12. The number of hydrogen-bond acceptors (Lipinski definition) is 2. The summed E-state index contributed by atoms with van der Waals surface area (Å²) in [5, 5.41) is 0. The van der Waals surface area contributed by atoms with E-state index < -0.39 is 0 Å². The lowest BCUT2D eigenvalue weighted by Gasteiger charge is -2.21. The monoisotopic (exact) mass is 182 g/mol. The van der Waals surface area contributed by atoms with Gasteiger partial charge in [-0.1, -0.05) is 12.8 Å². The fourth-order valence-corrected chi connectivity index (χ4v) is 1.24. The Hall–Kier alpha value is -0.520. The zero-order valence-corrected chi connectivity index (χ0v) is 8.34. The maximum absolute atomic E-state index is 5.43. The minimum atomic E-state index is 0.00433. The summed E-state index contributed by atoms with van der Waals surface area (Å²) in [6, 6.07) is 0. The van der Waals surface area contributed by atoms with Gasteiger partial charge in [-0.25, -0.2) is 0 Å². The van der Waals surface area contributed by atoms with Crippen LogP contribution in [0.1, 0.15) is 39.0 Å². The Bertz CT molecular complexity index is 172. The van der Waals surface area contributed by atoms with Gasteiger partial charge in [0.15, 0.2) is 6.29 Å². The van der Waals surface area contributed by atoms with Crippen molar-refractivity contribution < 1.29 is 9.47 Å². The molecular formula is C11H18O2. The van der Waals surface area contributed by atoms with Crippen molar-refractivity contribution in [1.29, 1.82) is 0 Å². The average Bonchev–Trinajstić information content (AvgIpc) is 2.19. The van der Waals surface area contributed by atoms with Gasteiger partial charge in [-0.2, -0.15) is 0 Å². The van der Waals surface area contributed by atoms with Crippen LogP contribution < -0.4 is 0 Å². The van der Waals surface area contributed by atoms with Crippen molar-refractivity contribution in [2.45, 2.75) is 45.3 Å². The molecule has 0 amide bonds. The molecule has 0 N–H and O–H groups in total. The van der Waals surface area contributed by atoms with Gasteiger partial charge < -0.3 is 9.47 Å². The van der Waals surface area contributed by atoms with Crippen LogP contribution in [0.5, 0.6) is 0 Å². The van der Waals surface area contributed by atoms with Crippen LogP contribution in [-0.4, -0.2) is 19.5 Å². The van der Waals surface area contributed by atoms with E-state index in [0.29, 0.717) is 6.61 Å². The van der Waals surface area contributed by atoms with Crippen molar-refractivity contribution in [3.63, 3.8) is 0 Å². The van der Waals surface area contributed by atoms with Crippen LogP contribution >= 0.6 is 0 Å². The molecule has 1 aliphatic rings. The molecule has 2 heteroatoms. The van der Waals surface area contributed by atoms with Gasteiger partial charge in [0, 0.05) is 13.0 Å². The molecule has 0 bridgehead atoms. The van der Waals surface area contributed by atoms with Crippen molar-refractivity contribution in [1.82, 2.24) is 0 Å². The van der Waals surface area contributed by atoms with Crippen LogP contribution in [0.4, 0.5) is 0 Å². The van der Waals surface area contributed by atoms with E-state index in [0.717, 1.165) is 25.9 Å². The number of ether oxygens (including phenoxy) is 2. The van der Waals surface area contributed by atoms with E-state index in [9.17, 15) is 0 Å². The lowest BCUT2D eigenvalue weighted by molar-refractivity contribution is -0.154. The SMILES string of the molecule is CCCC#CCOC1CCCCO1. The van der Waals surface area contributed by atoms with Crippen molar-refractivity contribution in [3.8, 4) is 11.8 Å². The topological polar surface area (TPSA) is 18.5 Å². The number of unbranched alkanes of at least 4 members (excludes halogenated alkanes) is 1. The first-order chi connectivity index (χ1) is 6.43. The molecule has 1 fully saturated rings. The third-order valence-electron chi connectivity index (χ3n) is 1.98. The summed E-state index contributed by atoms with van der Waals surface area (Å²) in [7, 11) is 0. The van der Waals surface area contributed by atoms with Crippen LogP contribution in [0.2, 0.25) is 0 Å². The first kappa shape index (κ1) is 10.6. The van der Waals surface area contributed by atoms with Gasteiger partial charge >= 0.3 is 0 Å². The summed E-state index contributed by atoms with van der Waals surface area (Å²) < 4.78 is 10.8. The Labute approximate surface area is 80.6 Å². The summed E-state index contributed by atoms with van der Waals surface area (Å²) in [4.78, 5) is 0. The van der Waals surface area contributed by atoms with E-state index in [4.69, 9.17) is 9.47 Å². The fourth-order valence-electron chi connectivity index (χ4n) is 1.24. The first-order valence-electron chi connectivity index (χ1n) is 5.12. The van der Waals surface area contributed by atoms with Gasteiger partial charge in [0.25, 0.3) is 0 Å². The van der Waals surface area contributed by atoms with Crippen LogP contribution in [-0.2, 0) is 9.47 Å². The first-order valence-corrected chi connectivity index (χ1v) is 5.12. The Kier molecular flexibility index (Phi) is 5.64. The molecule has 1 saturated heterocycles. The standard InChI is InChI=1S/C11H18O2/c1-2-3-4-6-9-12-11-8-5-7-10-13-11/h11H,2-3,5,7-10H2,1H3. The van der Waals surface area contributed by atoms with Crippen molar-refractivity contribution in [2.75, 3.05) is 13.2 Å². The average molecular weight is 182 g/mol. The summed E-state index contributed by atoms with van der Waals surface area (Å²) in [5.41, 5.74) is 0. The molecule has 0 aliphatic carbocycles. The van der Waals surface area contributed by atoms with Gasteiger partial charge in [-0.3, -0.25) is 0 Å². The molecule has 1 unspecified atom stereocenters. The van der Waals surface area contributed by atoms with Gasteiger partial charge in [-0.15, -0.1) is 5.92 Å². The third-order valence-corrected chi connectivity index (χ3v) is 1.98. The second kappa shape index (κ2) is 6.94. The predicted octanol–water partition coefficient (Wildman–Crippen LogP) is 2.33. The zero-order chi connectivity index (χ0) is 9.36. The molecule has 1 atom stereocenters. The quantitative estimate of drug-likeness (QED) is 0.624. The normalized spacial score (nSPS) is 22.1. The maximum Gasteiger partial charge on any atom is 0.158 e. The van der Waals surface area contributed by atoms with Crippen LogP contribution in [0.25, 0.3) is 0 Å². The minimum absolute atomic E-state index is 0.00433. The summed E-state index contributed by atoms with van der Waals surface area (Å²) >= 11 is 0. The molecule has 74 valence electrons. The van der Waals surface area contributed by atoms with E-state index in [1.807, 2.05) is 0 Å². The number of hydrogen-bond donors (Lipinski definition) is 0. The molecule has 0 aromatic carbocycles. The van der Waals surface area contributed by atoms with Crippen LogP contribution in [0.15, 0.2) is 0 Å². The van der Waals surface area contributed by atoms with E-state index in [-0.39, 0.29) is 6.29 Å². The highest BCUT2D eigenvalue weighted by molar-refractivity contribution is 4.98. The molecule has 13 heavy (non-hydrogen) atoms. The lowest BCUT2D eigenvalue weighted by Crippen LogP contribution is -2.22. The molecule has 0 saturated carbocycles. The van der Waals surface area contributed by atoms with E-state index in [2.05, 4.69) is 18.8 Å². The molecule has 0 aromatic rings. The summed E-state index contributed by atoms with van der Waals surface area (Å²) in [6.45, 7) is 3.48. The summed E-state index contributed by atoms with van der Waals surface area (Å²) in [5.74, 6) is 6.03. The third kappa shape index (κ3) is 4.92. The van der Waals surface area contributed by atoms with Crippen molar-refractivity contribution >= 4 is 0 Å². The maximum atomic E-state index is 5.43. The van der Waals surface area contributed by atoms with Crippen LogP contribution in [0.3, 0.4) is 0 Å². The van der Waals surface area contributed by atoms with E-state index >= 15 is 0 Å². The predicted molar refractivity (Wildman–Crippen MR) is 52.2 cm³/mol. The van der Waals surface area contributed by atoms with Crippen molar-refractivity contribution in [2.24, 2.45) is 0 Å². The smallest absolute Gasteiger partial charge is 0.158 e. The Morgan fingerprint density at radius 3 is 3.00 bits per heavy atom. The number of rotatable bonds is 3. The molecule has 1 heterocycles. The molecule has 1 rings (SSSR count). The molecule has 0 spiro atoms. The largest absolute Gasteiger partial charge is 0.353 e. The lowest BCUT2D eigenvalue weighted by atomic mass is 10.2. The molecule has 2 nitrogen and oxygen atoms in total. The Morgan fingerprint density at radius 2 is 2.31 bits per heavy atom. The highest BCUT2D eigenvalue weighted by atomic mass is 16.7. The summed E-state index contributed by atoms with van der Waals surface area (Å²) in [6.07, 6.45) is 5.50. The second-order valence-corrected chi connectivity index (χ2v) is 3.21. The van der Waals surface area contributed by atoms with E-state index in [1.165, 1.54) is 12.8 Å². The van der Waals surface area contributed by atoms with Crippen LogP contribution in [0, 0.1) is 11.8 Å². The Balaban J connectivity index is 2.01. The van der Waals surface area contributed by atoms with Gasteiger partial charge in [0.2, 0.25) is 0 Å². The minimum Gasteiger partial charge on any atom is -0.353 e. The molecular weight excluding hydrogens is 164 g/mol. The van der Waals surface area contributed by atoms with Gasteiger partial charge in [0.05, 0.1) is 0 Å². The Morgan fingerprint density at radius 1 is 1.38 bits per heavy atom. The second-order valence-electron chi connectivity index (χ2n) is 3.21. The van der Waals surface area contributed by atoms with E-state index in [1.54, 1.807) is 0 Å². The fraction of sp³-hybridized carbons (Fsp3) is 0.818. The molecule has 0 aromatic heterocycles. The zero-order valence-electron chi connectivity index (χ0n) is 8.34. The van der Waals surface area contributed by atoms with Crippen molar-refractivity contribution in [3.05, 3.63) is 0 Å². The van der Waals surface area contributed by atoms with Gasteiger partial charge in [0.1, 0.15) is 6.61 Å². The molecule has 0 radical (unpaired) electrons. The highest BCUT2D eigenvalue weighted by Crippen LogP contribution is 2.12.